The normalized spacial score (nSPS) is 35.5. The minimum absolute atomic E-state index is 0.986. The van der Waals surface area contributed by atoms with E-state index in [-0.39, 0.29) is 0 Å². The Bertz CT molecular complexity index is 178. The number of fused-ring (bicyclic) bond motifs is 1. The number of nitrogens with zero attached hydrogens (tertiary/aromatic N) is 2. The SMILES string of the molecule is CN=C(NC)N1CC2CC2C1. The number of aliphatic imine (C=N–C) groups is 1. The first-order valence-corrected chi connectivity index (χ1v) is 4.24. The quantitative estimate of drug-likeness (QED) is 0.396. The van der Waals surface area contributed by atoms with Gasteiger partial charge in [-0.1, -0.05) is 0 Å². The molecule has 2 atom stereocenters. The summed E-state index contributed by atoms with van der Waals surface area (Å²) in [5.41, 5.74) is 0. The highest BCUT2D eigenvalue weighted by molar-refractivity contribution is 5.80. The first-order chi connectivity index (χ1) is 5.35. The van der Waals surface area contributed by atoms with Crippen LogP contribution in [0, 0.1) is 11.8 Å². The summed E-state index contributed by atoms with van der Waals surface area (Å²) in [6.07, 6.45) is 1.46. The van der Waals surface area contributed by atoms with E-state index in [0.29, 0.717) is 0 Å². The minimum Gasteiger partial charge on any atom is -0.359 e. The molecule has 1 N–H and O–H groups in total. The molecule has 62 valence electrons. The molecule has 2 unspecified atom stereocenters. The third-order valence-electron chi connectivity index (χ3n) is 2.71. The Morgan fingerprint density at radius 1 is 1.45 bits per heavy atom. The number of hydrogen-bond acceptors (Lipinski definition) is 1. The molecule has 0 radical (unpaired) electrons. The summed E-state index contributed by atoms with van der Waals surface area (Å²) < 4.78 is 0. The summed E-state index contributed by atoms with van der Waals surface area (Å²) in [4.78, 5) is 6.52. The smallest absolute Gasteiger partial charge is 0.193 e. The van der Waals surface area contributed by atoms with Gasteiger partial charge in [0.15, 0.2) is 5.96 Å². The molecule has 1 saturated carbocycles. The highest BCUT2D eigenvalue weighted by Gasteiger charge is 2.45. The van der Waals surface area contributed by atoms with Crippen molar-refractivity contribution in [1.29, 1.82) is 0 Å². The topological polar surface area (TPSA) is 27.6 Å². The Kier molecular flexibility index (Phi) is 1.51. The van der Waals surface area contributed by atoms with Gasteiger partial charge in [-0.05, 0) is 18.3 Å². The van der Waals surface area contributed by atoms with Crippen molar-refractivity contribution in [1.82, 2.24) is 10.2 Å². The van der Waals surface area contributed by atoms with Gasteiger partial charge >= 0.3 is 0 Å². The Morgan fingerprint density at radius 3 is 2.55 bits per heavy atom. The number of guanidine groups is 1. The van der Waals surface area contributed by atoms with Crippen LogP contribution in [-0.4, -0.2) is 38.0 Å². The lowest BCUT2D eigenvalue weighted by molar-refractivity contribution is 0.447. The molecule has 0 aromatic rings. The molecule has 0 spiro atoms. The molecule has 1 aliphatic carbocycles. The monoisotopic (exact) mass is 153 g/mol. The Morgan fingerprint density at radius 2 is 2.09 bits per heavy atom. The van der Waals surface area contributed by atoms with Crippen LogP contribution >= 0.6 is 0 Å². The van der Waals surface area contributed by atoms with Crippen LogP contribution in [0.3, 0.4) is 0 Å². The van der Waals surface area contributed by atoms with E-state index in [0.717, 1.165) is 17.8 Å². The molecule has 0 aromatic carbocycles. The van der Waals surface area contributed by atoms with Gasteiger partial charge in [-0.25, -0.2) is 0 Å². The van der Waals surface area contributed by atoms with E-state index < -0.39 is 0 Å². The van der Waals surface area contributed by atoms with Crippen molar-refractivity contribution in [2.45, 2.75) is 6.42 Å². The largest absolute Gasteiger partial charge is 0.359 e. The van der Waals surface area contributed by atoms with Crippen LogP contribution < -0.4 is 5.32 Å². The molecule has 1 heterocycles. The van der Waals surface area contributed by atoms with E-state index >= 15 is 0 Å². The standard InChI is InChI=1S/C8H15N3/c1-9-8(10-2)11-4-6-3-7(6)5-11/h6-7H,3-5H2,1-2H3,(H,9,10). The van der Waals surface area contributed by atoms with E-state index in [1.807, 2.05) is 14.1 Å². The molecule has 2 aliphatic rings. The van der Waals surface area contributed by atoms with Gasteiger partial charge in [-0.2, -0.15) is 0 Å². The molecule has 3 nitrogen and oxygen atoms in total. The van der Waals surface area contributed by atoms with Gasteiger partial charge in [0.2, 0.25) is 0 Å². The van der Waals surface area contributed by atoms with E-state index in [2.05, 4.69) is 15.2 Å². The number of likely N-dealkylation sites (tertiary alicyclic amines) is 1. The zero-order chi connectivity index (χ0) is 7.84. The van der Waals surface area contributed by atoms with Crippen molar-refractivity contribution in [3.05, 3.63) is 0 Å². The zero-order valence-electron chi connectivity index (χ0n) is 7.17. The molecule has 2 rings (SSSR count). The van der Waals surface area contributed by atoms with Crippen molar-refractivity contribution >= 4 is 5.96 Å². The summed E-state index contributed by atoms with van der Waals surface area (Å²) >= 11 is 0. The van der Waals surface area contributed by atoms with Crippen molar-refractivity contribution < 1.29 is 0 Å². The summed E-state index contributed by atoms with van der Waals surface area (Å²) in [6.45, 7) is 2.44. The predicted octanol–water partition coefficient (Wildman–Crippen LogP) is 0.143. The van der Waals surface area contributed by atoms with E-state index in [4.69, 9.17) is 0 Å². The fourth-order valence-electron chi connectivity index (χ4n) is 1.98. The minimum atomic E-state index is 0.986. The van der Waals surface area contributed by atoms with E-state index in [1.54, 1.807) is 0 Å². The van der Waals surface area contributed by atoms with Crippen molar-refractivity contribution in [3.63, 3.8) is 0 Å². The summed E-state index contributed by atoms with van der Waals surface area (Å²) in [5, 5.41) is 3.11. The van der Waals surface area contributed by atoms with Gasteiger partial charge in [0, 0.05) is 27.2 Å². The summed E-state index contributed by atoms with van der Waals surface area (Å²) in [6, 6.07) is 0. The maximum Gasteiger partial charge on any atom is 0.193 e. The number of hydrogen-bond donors (Lipinski definition) is 1. The zero-order valence-corrected chi connectivity index (χ0v) is 7.17. The number of rotatable bonds is 0. The van der Waals surface area contributed by atoms with Crippen LogP contribution in [0.5, 0.6) is 0 Å². The molecule has 1 aliphatic heterocycles. The van der Waals surface area contributed by atoms with Crippen LogP contribution in [-0.2, 0) is 0 Å². The maximum absolute atomic E-state index is 4.18. The Balaban J connectivity index is 1.95. The van der Waals surface area contributed by atoms with Gasteiger partial charge in [0.25, 0.3) is 0 Å². The highest BCUT2D eigenvalue weighted by Crippen LogP contribution is 2.44. The van der Waals surface area contributed by atoms with Gasteiger partial charge in [-0.15, -0.1) is 0 Å². The molecule has 2 fully saturated rings. The van der Waals surface area contributed by atoms with Crippen molar-refractivity contribution in [2.75, 3.05) is 27.2 Å². The summed E-state index contributed by atoms with van der Waals surface area (Å²) in [5.74, 6) is 3.03. The second-order valence-electron chi connectivity index (χ2n) is 3.46. The van der Waals surface area contributed by atoms with Crippen LogP contribution in [0.4, 0.5) is 0 Å². The molecule has 0 aromatic heterocycles. The molecule has 1 saturated heterocycles. The van der Waals surface area contributed by atoms with Gasteiger partial charge in [-0.3, -0.25) is 4.99 Å². The molecule has 0 amide bonds. The van der Waals surface area contributed by atoms with Gasteiger partial charge in [0.05, 0.1) is 0 Å². The molecular formula is C8H15N3. The van der Waals surface area contributed by atoms with Gasteiger partial charge < -0.3 is 10.2 Å². The second kappa shape index (κ2) is 2.40. The van der Waals surface area contributed by atoms with E-state index in [9.17, 15) is 0 Å². The average molecular weight is 153 g/mol. The third-order valence-corrected chi connectivity index (χ3v) is 2.71. The predicted molar refractivity (Wildman–Crippen MR) is 45.6 cm³/mol. The number of nitrogens with one attached hydrogen (secondary N) is 1. The van der Waals surface area contributed by atoms with E-state index in [1.165, 1.54) is 19.5 Å². The van der Waals surface area contributed by atoms with Gasteiger partial charge in [0.1, 0.15) is 0 Å². The maximum atomic E-state index is 4.18. The second-order valence-corrected chi connectivity index (χ2v) is 3.46. The molecular weight excluding hydrogens is 138 g/mol. The third kappa shape index (κ3) is 1.08. The lowest BCUT2D eigenvalue weighted by atomic mass is 10.4. The first kappa shape index (κ1) is 6.95. The number of piperidine rings is 1. The fourth-order valence-corrected chi connectivity index (χ4v) is 1.98. The molecule has 11 heavy (non-hydrogen) atoms. The van der Waals surface area contributed by atoms with Crippen LogP contribution in [0.25, 0.3) is 0 Å². The fraction of sp³-hybridized carbons (Fsp3) is 0.875. The Labute approximate surface area is 67.5 Å². The Hall–Kier alpha value is -0.730. The van der Waals surface area contributed by atoms with Crippen LogP contribution in [0.1, 0.15) is 6.42 Å². The van der Waals surface area contributed by atoms with Crippen LogP contribution in [0.15, 0.2) is 4.99 Å². The first-order valence-electron chi connectivity index (χ1n) is 4.24. The molecule has 0 bridgehead atoms. The lowest BCUT2D eigenvalue weighted by Crippen LogP contribution is -2.38. The lowest BCUT2D eigenvalue weighted by Gasteiger charge is -2.20. The van der Waals surface area contributed by atoms with Crippen LogP contribution in [0.2, 0.25) is 0 Å². The highest BCUT2D eigenvalue weighted by atomic mass is 15.3. The van der Waals surface area contributed by atoms with Crippen molar-refractivity contribution in [3.8, 4) is 0 Å². The average Bonchev–Trinajstić information content (AvgIpc) is 2.62. The summed E-state index contributed by atoms with van der Waals surface area (Å²) in [7, 11) is 3.78. The van der Waals surface area contributed by atoms with Crippen molar-refractivity contribution in [2.24, 2.45) is 16.8 Å². The molecule has 3 heteroatoms.